The fourth-order valence-corrected chi connectivity index (χ4v) is 2.19. The Labute approximate surface area is 112 Å². The number of hydroxylamine groups is 1. The van der Waals surface area contributed by atoms with E-state index in [2.05, 4.69) is 28.7 Å². The zero-order chi connectivity index (χ0) is 12.9. The van der Waals surface area contributed by atoms with Gasteiger partial charge in [0.1, 0.15) is 0 Å². The first-order chi connectivity index (χ1) is 9.43. The Bertz CT molecular complexity index is 578. The van der Waals surface area contributed by atoms with Crippen LogP contribution in [0, 0.1) is 0 Å². The smallest absolute Gasteiger partial charge is 0.152 e. The van der Waals surface area contributed by atoms with Crippen LogP contribution in [0.3, 0.4) is 0 Å². The van der Waals surface area contributed by atoms with E-state index in [1.807, 2.05) is 36.4 Å². The maximum atomic E-state index is 5.54. The standard InChI is InChI=1S/C16H16N2O/c1-2-6-13(7-3-1)12-19-18-16-15-9-5-4-8-14(15)10-11-17-16/h1-9H,10-12H2,(H,17,18). The number of rotatable bonds is 3. The van der Waals surface area contributed by atoms with Crippen molar-refractivity contribution in [2.75, 3.05) is 6.54 Å². The van der Waals surface area contributed by atoms with E-state index in [0.29, 0.717) is 6.61 Å². The molecule has 3 rings (SSSR count). The average Bonchev–Trinajstić information content (AvgIpc) is 2.49. The largest absolute Gasteiger partial charge is 0.270 e. The quantitative estimate of drug-likeness (QED) is 0.852. The Hall–Kier alpha value is -2.13. The summed E-state index contributed by atoms with van der Waals surface area (Å²) < 4.78 is 0. The fourth-order valence-electron chi connectivity index (χ4n) is 2.19. The topological polar surface area (TPSA) is 33.6 Å². The van der Waals surface area contributed by atoms with Crippen molar-refractivity contribution >= 4 is 5.84 Å². The molecule has 96 valence electrons. The first kappa shape index (κ1) is 11.9. The Morgan fingerprint density at radius 2 is 1.79 bits per heavy atom. The van der Waals surface area contributed by atoms with E-state index in [1.54, 1.807) is 0 Å². The molecule has 0 radical (unpaired) electrons. The van der Waals surface area contributed by atoms with Gasteiger partial charge in [0.15, 0.2) is 5.84 Å². The summed E-state index contributed by atoms with van der Waals surface area (Å²) >= 11 is 0. The number of fused-ring (bicyclic) bond motifs is 1. The van der Waals surface area contributed by atoms with E-state index in [1.165, 1.54) is 5.56 Å². The Balaban J connectivity index is 1.63. The SMILES string of the molecule is c1ccc(CONC2=NCCc3ccccc32)cc1. The summed E-state index contributed by atoms with van der Waals surface area (Å²) in [4.78, 5) is 10.0. The summed E-state index contributed by atoms with van der Waals surface area (Å²) in [6, 6.07) is 18.4. The van der Waals surface area contributed by atoms with Crippen LogP contribution in [0.2, 0.25) is 0 Å². The molecule has 1 N–H and O–H groups in total. The summed E-state index contributed by atoms with van der Waals surface area (Å²) in [7, 11) is 0. The molecule has 1 aliphatic rings. The molecular weight excluding hydrogens is 236 g/mol. The van der Waals surface area contributed by atoms with E-state index in [9.17, 15) is 0 Å². The van der Waals surface area contributed by atoms with E-state index in [-0.39, 0.29) is 0 Å². The van der Waals surface area contributed by atoms with Gasteiger partial charge >= 0.3 is 0 Å². The number of amidine groups is 1. The van der Waals surface area contributed by atoms with Crippen LogP contribution in [-0.4, -0.2) is 12.4 Å². The lowest BCUT2D eigenvalue weighted by molar-refractivity contribution is 0.0712. The molecule has 3 heteroatoms. The minimum atomic E-state index is 0.530. The summed E-state index contributed by atoms with van der Waals surface area (Å²) in [6.07, 6.45) is 1.00. The van der Waals surface area contributed by atoms with Gasteiger partial charge in [0, 0.05) is 12.1 Å². The van der Waals surface area contributed by atoms with Gasteiger partial charge in [-0.2, -0.15) is 0 Å². The lowest BCUT2D eigenvalue weighted by Crippen LogP contribution is -2.28. The minimum Gasteiger partial charge on any atom is -0.270 e. The lowest BCUT2D eigenvalue weighted by Gasteiger charge is -2.17. The zero-order valence-electron chi connectivity index (χ0n) is 10.7. The van der Waals surface area contributed by atoms with E-state index < -0.39 is 0 Å². The molecule has 1 heterocycles. The normalized spacial score (nSPS) is 13.6. The second kappa shape index (κ2) is 5.67. The first-order valence-corrected chi connectivity index (χ1v) is 6.48. The molecule has 0 spiro atoms. The van der Waals surface area contributed by atoms with Crippen LogP contribution in [0.5, 0.6) is 0 Å². The molecule has 1 aliphatic heterocycles. The van der Waals surface area contributed by atoms with Gasteiger partial charge in [-0.05, 0) is 17.5 Å². The van der Waals surface area contributed by atoms with Gasteiger partial charge in [-0.15, -0.1) is 0 Å². The third-order valence-electron chi connectivity index (χ3n) is 3.17. The number of hydrogen-bond donors (Lipinski definition) is 1. The Morgan fingerprint density at radius 3 is 2.68 bits per heavy atom. The van der Waals surface area contributed by atoms with Crippen molar-refractivity contribution in [2.24, 2.45) is 4.99 Å². The second-order valence-electron chi connectivity index (χ2n) is 4.51. The van der Waals surface area contributed by atoms with E-state index in [4.69, 9.17) is 4.84 Å². The number of aliphatic imine (C=N–C) groups is 1. The van der Waals surface area contributed by atoms with Crippen molar-refractivity contribution in [3.05, 3.63) is 71.3 Å². The minimum absolute atomic E-state index is 0.530. The molecule has 0 amide bonds. The van der Waals surface area contributed by atoms with Gasteiger partial charge in [0.2, 0.25) is 0 Å². The van der Waals surface area contributed by atoms with Gasteiger partial charge < -0.3 is 0 Å². The van der Waals surface area contributed by atoms with Crippen LogP contribution in [0.25, 0.3) is 0 Å². The molecule has 3 nitrogen and oxygen atoms in total. The molecule has 0 saturated carbocycles. The first-order valence-electron chi connectivity index (χ1n) is 6.48. The third-order valence-corrected chi connectivity index (χ3v) is 3.17. The van der Waals surface area contributed by atoms with Crippen molar-refractivity contribution in [3.63, 3.8) is 0 Å². The summed E-state index contributed by atoms with van der Waals surface area (Å²) in [5.74, 6) is 0.831. The van der Waals surface area contributed by atoms with Gasteiger partial charge in [-0.1, -0.05) is 54.6 Å². The number of nitrogens with one attached hydrogen (secondary N) is 1. The highest BCUT2D eigenvalue weighted by molar-refractivity contribution is 6.00. The molecule has 2 aromatic rings. The maximum absolute atomic E-state index is 5.54. The van der Waals surface area contributed by atoms with Crippen molar-refractivity contribution < 1.29 is 4.84 Å². The second-order valence-corrected chi connectivity index (χ2v) is 4.51. The summed E-state index contributed by atoms with van der Waals surface area (Å²) in [5.41, 5.74) is 6.58. The molecular formula is C16H16N2O. The van der Waals surface area contributed by atoms with Crippen molar-refractivity contribution in [1.29, 1.82) is 0 Å². The molecule has 0 unspecified atom stereocenters. The van der Waals surface area contributed by atoms with Gasteiger partial charge in [-0.3, -0.25) is 9.83 Å². The number of nitrogens with zero attached hydrogens (tertiary/aromatic N) is 1. The van der Waals surface area contributed by atoms with Crippen LogP contribution >= 0.6 is 0 Å². The van der Waals surface area contributed by atoms with Crippen molar-refractivity contribution in [3.8, 4) is 0 Å². The molecule has 0 saturated heterocycles. The highest BCUT2D eigenvalue weighted by Crippen LogP contribution is 2.14. The average molecular weight is 252 g/mol. The molecule has 0 fully saturated rings. The predicted molar refractivity (Wildman–Crippen MR) is 75.9 cm³/mol. The van der Waals surface area contributed by atoms with Crippen LogP contribution in [0.1, 0.15) is 16.7 Å². The molecule has 0 atom stereocenters. The van der Waals surface area contributed by atoms with Crippen molar-refractivity contribution in [2.45, 2.75) is 13.0 Å². The molecule has 0 aliphatic carbocycles. The Kier molecular flexibility index (Phi) is 3.56. The van der Waals surface area contributed by atoms with Crippen LogP contribution in [0.4, 0.5) is 0 Å². The van der Waals surface area contributed by atoms with Crippen LogP contribution in [0.15, 0.2) is 59.6 Å². The van der Waals surface area contributed by atoms with E-state index in [0.717, 1.165) is 29.9 Å². The van der Waals surface area contributed by atoms with E-state index >= 15 is 0 Å². The monoisotopic (exact) mass is 252 g/mol. The maximum Gasteiger partial charge on any atom is 0.152 e. The third kappa shape index (κ3) is 2.83. The predicted octanol–water partition coefficient (Wildman–Crippen LogP) is 2.71. The zero-order valence-corrected chi connectivity index (χ0v) is 10.7. The van der Waals surface area contributed by atoms with Gasteiger partial charge in [0.05, 0.1) is 6.61 Å². The Morgan fingerprint density at radius 1 is 1.00 bits per heavy atom. The molecule has 2 aromatic carbocycles. The number of hydrogen-bond acceptors (Lipinski definition) is 3. The molecule has 0 bridgehead atoms. The fraction of sp³-hybridized carbons (Fsp3) is 0.188. The van der Waals surface area contributed by atoms with Crippen molar-refractivity contribution in [1.82, 2.24) is 5.48 Å². The van der Waals surface area contributed by atoms with Crippen LogP contribution < -0.4 is 5.48 Å². The highest BCUT2D eigenvalue weighted by Gasteiger charge is 2.12. The highest BCUT2D eigenvalue weighted by atomic mass is 16.6. The van der Waals surface area contributed by atoms with Gasteiger partial charge in [0.25, 0.3) is 0 Å². The lowest BCUT2D eigenvalue weighted by atomic mass is 10.0. The summed E-state index contributed by atoms with van der Waals surface area (Å²) in [5, 5.41) is 0. The molecule has 19 heavy (non-hydrogen) atoms. The van der Waals surface area contributed by atoms with Gasteiger partial charge in [-0.25, -0.2) is 5.48 Å². The number of benzene rings is 2. The van der Waals surface area contributed by atoms with Crippen LogP contribution in [-0.2, 0) is 17.9 Å². The summed E-state index contributed by atoms with van der Waals surface area (Å²) in [6.45, 7) is 1.34. The molecule has 0 aromatic heterocycles.